The summed E-state index contributed by atoms with van der Waals surface area (Å²) in [5, 5.41) is 7.63. The van der Waals surface area contributed by atoms with Crippen LogP contribution in [0, 0.1) is 0 Å². The molecule has 0 aliphatic carbocycles. The van der Waals surface area contributed by atoms with Gasteiger partial charge >= 0.3 is 6.03 Å². The molecule has 1 aliphatic rings. The van der Waals surface area contributed by atoms with Crippen LogP contribution in [0.3, 0.4) is 0 Å². The minimum atomic E-state index is -3.14. The number of hydrogen-bond donors (Lipinski definition) is 0. The Labute approximate surface area is 103 Å². The maximum Gasteiger partial charge on any atom is 0.347 e. The van der Waals surface area contributed by atoms with Crippen LogP contribution in [-0.4, -0.2) is 52.5 Å². The summed E-state index contributed by atoms with van der Waals surface area (Å²) in [6.45, 7) is 0.204. The van der Waals surface area contributed by atoms with Gasteiger partial charge in [0.25, 0.3) is 0 Å². The zero-order chi connectivity index (χ0) is 12.8. The van der Waals surface area contributed by atoms with Crippen molar-refractivity contribution in [2.24, 2.45) is 0 Å². The summed E-state index contributed by atoms with van der Waals surface area (Å²) < 4.78 is 23.8. The van der Waals surface area contributed by atoms with Crippen molar-refractivity contribution >= 4 is 26.9 Å². The first-order valence-corrected chi connectivity index (χ1v) is 7.19. The Morgan fingerprint density at radius 1 is 1.28 bits per heavy atom. The van der Waals surface area contributed by atoms with Gasteiger partial charge in [0.15, 0.2) is 9.84 Å². The fourth-order valence-electron chi connectivity index (χ4n) is 1.91. The zero-order valence-electron chi connectivity index (χ0n) is 9.35. The van der Waals surface area contributed by atoms with E-state index in [1.165, 1.54) is 4.90 Å². The molecule has 2 aromatic rings. The van der Waals surface area contributed by atoms with Crippen molar-refractivity contribution in [3.63, 3.8) is 0 Å². The Morgan fingerprint density at radius 3 is 2.78 bits per heavy atom. The number of aromatic nitrogens is 3. The van der Waals surface area contributed by atoms with Gasteiger partial charge in [-0.2, -0.15) is 4.68 Å². The fraction of sp³-hybridized carbons (Fsp3) is 0.300. The van der Waals surface area contributed by atoms with E-state index >= 15 is 0 Å². The lowest BCUT2D eigenvalue weighted by molar-refractivity contribution is 0.210. The molecule has 0 radical (unpaired) electrons. The monoisotopic (exact) mass is 266 g/mol. The van der Waals surface area contributed by atoms with Crippen LogP contribution in [0.25, 0.3) is 11.0 Å². The van der Waals surface area contributed by atoms with Gasteiger partial charge in [-0.05, 0) is 12.1 Å². The third kappa shape index (κ3) is 1.74. The van der Waals surface area contributed by atoms with Gasteiger partial charge in [-0.1, -0.05) is 17.3 Å². The highest BCUT2D eigenvalue weighted by Crippen LogP contribution is 2.14. The van der Waals surface area contributed by atoms with Crippen molar-refractivity contribution in [2.45, 2.75) is 0 Å². The summed E-state index contributed by atoms with van der Waals surface area (Å²) in [7, 11) is -3.14. The predicted molar refractivity (Wildman–Crippen MR) is 63.7 cm³/mol. The minimum absolute atomic E-state index is 0.00533. The van der Waals surface area contributed by atoms with Gasteiger partial charge in [0.1, 0.15) is 11.4 Å². The van der Waals surface area contributed by atoms with E-state index in [0.29, 0.717) is 11.0 Å². The number of amides is 1. The van der Waals surface area contributed by atoms with E-state index in [-0.39, 0.29) is 18.2 Å². The lowest BCUT2D eigenvalue weighted by Crippen LogP contribution is -2.33. The molecule has 1 fully saturated rings. The summed E-state index contributed by atoms with van der Waals surface area (Å²) in [6.07, 6.45) is 0. The molecule has 1 aromatic heterocycles. The molecule has 8 heteroatoms. The standard InChI is InChI=1S/C10H10N4O3S/c15-10(13-5-6-18(16,17)7-13)14-9-4-2-1-3-8(9)11-12-14/h1-4H,5-7H2. The average molecular weight is 266 g/mol. The topological polar surface area (TPSA) is 85.2 Å². The molecule has 7 nitrogen and oxygen atoms in total. The average Bonchev–Trinajstić information content (AvgIpc) is 2.91. The molecule has 0 N–H and O–H groups in total. The third-order valence-electron chi connectivity index (χ3n) is 2.83. The first-order chi connectivity index (χ1) is 8.57. The first-order valence-electron chi connectivity index (χ1n) is 5.37. The van der Waals surface area contributed by atoms with Gasteiger partial charge in [-0.3, -0.25) is 0 Å². The molecule has 3 rings (SSSR count). The molecule has 0 bridgehead atoms. The quantitative estimate of drug-likeness (QED) is 0.674. The van der Waals surface area contributed by atoms with Crippen LogP contribution in [0.4, 0.5) is 4.79 Å². The number of fused-ring (bicyclic) bond motifs is 1. The van der Waals surface area contributed by atoms with Gasteiger partial charge in [0.2, 0.25) is 0 Å². The molecule has 18 heavy (non-hydrogen) atoms. The van der Waals surface area contributed by atoms with Crippen molar-refractivity contribution in [3.05, 3.63) is 24.3 Å². The number of sulfone groups is 1. The summed E-state index contributed by atoms with van der Waals surface area (Å²) in [6, 6.07) is 6.58. The van der Waals surface area contributed by atoms with Crippen molar-refractivity contribution in [1.82, 2.24) is 19.9 Å². The normalized spacial score (nSPS) is 18.3. The van der Waals surface area contributed by atoms with E-state index in [1.54, 1.807) is 24.3 Å². The molecule has 1 saturated heterocycles. The highest BCUT2D eigenvalue weighted by atomic mass is 32.2. The molecule has 1 amide bonds. The van der Waals surface area contributed by atoms with Crippen LogP contribution in [0.1, 0.15) is 0 Å². The second kappa shape index (κ2) is 3.77. The molecule has 0 atom stereocenters. The molecule has 0 spiro atoms. The Morgan fingerprint density at radius 2 is 2.06 bits per heavy atom. The smallest absolute Gasteiger partial charge is 0.307 e. The van der Waals surface area contributed by atoms with Gasteiger partial charge in [0.05, 0.1) is 11.3 Å². The molecular weight excluding hydrogens is 256 g/mol. The van der Waals surface area contributed by atoms with Crippen LogP contribution >= 0.6 is 0 Å². The zero-order valence-corrected chi connectivity index (χ0v) is 10.2. The number of hydrogen-bond acceptors (Lipinski definition) is 5. The molecule has 0 saturated carbocycles. The fourth-order valence-corrected chi connectivity index (χ4v) is 3.25. The predicted octanol–water partition coefficient (Wildman–Crippen LogP) is 0.0873. The van der Waals surface area contributed by atoms with Crippen molar-refractivity contribution in [2.75, 3.05) is 18.2 Å². The Hall–Kier alpha value is -1.96. The van der Waals surface area contributed by atoms with Gasteiger partial charge in [0, 0.05) is 6.54 Å². The van der Waals surface area contributed by atoms with Crippen molar-refractivity contribution in [3.8, 4) is 0 Å². The summed E-state index contributed by atoms with van der Waals surface area (Å²) in [5.74, 6) is -0.245. The van der Waals surface area contributed by atoms with Gasteiger partial charge < -0.3 is 4.90 Å². The van der Waals surface area contributed by atoms with E-state index in [1.807, 2.05) is 0 Å². The lowest BCUT2D eigenvalue weighted by Gasteiger charge is -2.12. The molecule has 0 unspecified atom stereocenters. The number of nitrogens with zero attached hydrogens (tertiary/aromatic N) is 4. The maximum atomic E-state index is 12.1. The number of carbonyl (C=O) groups is 1. The molecular formula is C10H10N4O3S. The highest BCUT2D eigenvalue weighted by Gasteiger charge is 2.31. The molecule has 1 aliphatic heterocycles. The van der Waals surface area contributed by atoms with Crippen LogP contribution in [0.5, 0.6) is 0 Å². The number of carbonyl (C=O) groups excluding carboxylic acids is 1. The lowest BCUT2D eigenvalue weighted by atomic mass is 10.3. The maximum absolute atomic E-state index is 12.1. The van der Waals surface area contributed by atoms with Gasteiger partial charge in [-0.15, -0.1) is 5.10 Å². The number of benzene rings is 1. The van der Waals surface area contributed by atoms with Crippen LogP contribution in [-0.2, 0) is 9.84 Å². The number of rotatable bonds is 0. The molecule has 94 valence electrons. The van der Waals surface area contributed by atoms with Crippen molar-refractivity contribution < 1.29 is 13.2 Å². The highest BCUT2D eigenvalue weighted by molar-refractivity contribution is 7.91. The first kappa shape index (κ1) is 11.1. The Bertz CT molecular complexity index is 722. The van der Waals surface area contributed by atoms with Crippen LogP contribution < -0.4 is 0 Å². The third-order valence-corrected chi connectivity index (χ3v) is 4.34. The van der Waals surface area contributed by atoms with Crippen LogP contribution in [0.15, 0.2) is 24.3 Å². The summed E-state index contributed by atoms with van der Waals surface area (Å²) >= 11 is 0. The Kier molecular flexibility index (Phi) is 2.34. The van der Waals surface area contributed by atoms with Crippen molar-refractivity contribution in [1.29, 1.82) is 0 Å². The minimum Gasteiger partial charge on any atom is -0.307 e. The second-order valence-corrected chi connectivity index (χ2v) is 6.27. The Balaban J connectivity index is 1.98. The van der Waals surface area contributed by atoms with Gasteiger partial charge in [-0.25, -0.2) is 13.2 Å². The largest absolute Gasteiger partial charge is 0.347 e. The van der Waals surface area contributed by atoms with E-state index in [4.69, 9.17) is 0 Å². The van der Waals surface area contributed by atoms with E-state index in [0.717, 1.165) is 4.68 Å². The molecule has 2 heterocycles. The van der Waals surface area contributed by atoms with E-state index < -0.39 is 15.9 Å². The number of para-hydroxylation sites is 1. The van der Waals surface area contributed by atoms with Crippen LogP contribution in [0.2, 0.25) is 0 Å². The molecule has 1 aromatic carbocycles. The summed E-state index contributed by atoms with van der Waals surface area (Å²) in [5.41, 5.74) is 1.18. The SMILES string of the molecule is O=C(N1CCS(=O)(=O)C1)n1nnc2ccccc21. The van der Waals surface area contributed by atoms with E-state index in [9.17, 15) is 13.2 Å². The second-order valence-electron chi connectivity index (χ2n) is 4.11. The summed E-state index contributed by atoms with van der Waals surface area (Å²) in [4.78, 5) is 13.4. The van der Waals surface area contributed by atoms with E-state index in [2.05, 4.69) is 10.3 Å².